The van der Waals surface area contributed by atoms with Crippen molar-refractivity contribution in [2.45, 2.75) is 57.4 Å². The Morgan fingerprint density at radius 1 is 0.812 bits per heavy atom. The minimum Gasteiger partial charge on any atom is -0.314 e. The minimum atomic E-state index is 0.914. The molecular weight excluding hydrogens is 194 g/mol. The molecule has 0 atom stereocenters. The topological polar surface area (TPSA) is 12.0 Å². The van der Waals surface area contributed by atoms with Gasteiger partial charge in [0, 0.05) is 6.04 Å². The molecule has 0 aromatic carbocycles. The summed E-state index contributed by atoms with van der Waals surface area (Å²) in [5, 5.41) is 3.72. The monoisotopic (exact) mass is 219 g/mol. The van der Waals surface area contributed by atoms with Gasteiger partial charge in [-0.3, -0.25) is 0 Å². The van der Waals surface area contributed by atoms with Gasteiger partial charge in [-0.15, -0.1) is 0 Å². The highest BCUT2D eigenvalue weighted by atomic mass is 14.9. The lowest BCUT2D eigenvalue weighted by Crippen LogP contribution is -2.45. The lowest BCUT2D eigenvalue weighted by molar-refractivity contribution is -0.0393. The Bertz CT molecular complexity index is 241. The highest BCUT2D eigenvalue weighted by Crippen LogP contribution is 2.57. The van der Waals surface area contributed by atoms with Crippen molar-refractivity contribution in [2.24, 2.45) is 29.6 Å². The van der Waals surface area contributed by atoms with Gasteiger partial charge in [0.2, 0.25) is 0 Å². The van der Waals surface area contributed by atoms with Crippen molar-refractivity contribution in [3.05, 3.63) is 0 Å². The Morgan fingerprint density at radius 3 is 2.00 bits per heavy atom. The van der Waals surface area contributed by atoms with Gasteiger partial charge in [-0.05, 0) is 87.5 Å². The van der Waals surface area contributed by atoms with Crippen LogP contribution in [0.15, 0.2) is 0 Å². The molecule has 5 saturated carbocycles. The zero-order valence-electron chi connectivity index (χ0n) is 10.3. The molecule has 5 aliphatic rings. The molecule has 1 nitrogen and oxygen atoms in total. The fourth-order valence-corrected chi connectivity index (χ4v) is 5.25. The third-order valence-corrected chi connectivity index (χ3v) is 5.91. The van der Waals surface area contributed by atoms with Gasteiger partial charge >= 0.3 is 0 Å². The Kier molecular flexibility index (Phi) is 2.32. The van der Waals surface area contributed by atoms with E-state index in [4.69, 9.17) is 0 Å². The molecule has 0 aromatic heterocycles. The Hall–Kier alpha value is -0.0400. The summed E-state index contributed by atoms with van der Waals surface area (Å²) in [6, 6.07) is 0.914. The van der Waals surface area contributed by atoms with Crippen molar-refractivity contribution in [3.63, 3.8) is 0 Å². The molecule has 0 radical (unpaired) electrons. The Morgan fingerprint density at radius 2 is 1.44 bits per heavy atom. The molecule has 1 heteroatoms. The van der Waals surface area contributed by atoms with E-state index >= 15 is 0 Å². The van der Waals surface area contributed by atoms with E-state index in [2.05, 4.69) is 5.32 Å². The smallest absolute Gasteiger partial charge is 0.00682 e. The summed E-state index contributed by atoms with van der Waals surface area (Å²) in [4.78, 5) is 0. The first kappa shape index (κ1) is 9.94. The first-order valence-electron chi connectivity index (χ1n) is 7.62. The molecular formula is C15H25N. The van der Waals surface area contributed by atoms with Crippen molar-refractivity contribution in [2.75, 3.05) is 6.54 Å². The SMILES string of the molecule is C(CC1C2CC3CC(C2)CC1C3)NC1CC1. The molecule has 0 unspecified atom stereocenters. The standard InChI is InChI=1S/C15H25N/c1-2-14(1)16-4-3-15-12-6-10-5-11(8-12)9-13(15)7-10/h10-16H,1-9H2. The predicted molar refractivity (Wildman–Crippen MR) is 66.2 cm³/mol. The maximum absolute atomic E-state index is 3.72. The lowest BCUT2D eigenvalue weighted by atomic mass is 9.51. The first-order chi connectivity index (χ1) is 7.88. The molecule has 0 heterocycles. The van der Waals surface area contributed by atoms with Gasteiger partial charge in [0.25, 0.3) is 0 Å². The van der Waals surface area contributed by atoms with E-state index in [-0.39, 0.29) is 0 Å². The van der Waals surface area contributed by atoms with Crippen LogP contribution in [0.25, 0.3) is 0 Å². The predicted octanol–water partition coefficient (Wildman–Crippen LogP) is 3.20. The van der Waals surface area contributed by atoms with E-state index < -0.39 is 0 Å². The number of hydrogen-bond acceptors (Lipinski definition) is 1. The number of rotatable bonds is 4. The quantitative estimate of drug-likeness (QED) is 0.765. The van der Waals surface area contributed by atoms with Crippen LogP contribution < -0.4 is 5.32 Å². The fraction of sp³-hybridized carbons (Fsp3) is 1.00. The Balaban J connectivity index is 1.36. The minimum absolute atomic E-state index is 0.914. The fourth-order valence-electron chi connectivity index (χ4n) is 5.25. The van der Waals surface area contributed by atoms with Gasteiger partial charge in [-0.1, -0.05) is 0 Å². The van der Waals surface area contributed by atoms with Crippen molar-refractivity contribution in [1.29, 1.82) is 0 Å². The van der Waals surface area contributed by atoms with Gasteiger partial charge in [-0.25, -0.2) is 0 Å². The molecule has 0 spiro atoms. The second-order valence-corrected chi connectivity index (χ2v) is 7.11. The van der Waals surface area contributed by atoms with Crippen LogP contribution in [0.1, 0.15) is 51.4 Å². The zero-order valence-corrected chi connectivity index (χ0v) is 10.3. The van der Waals surface area contributed by atoms with E-state index in [0.717, 1.165) is 35.6 Å². The summed E-state index contributed by atoms with van der Waals surface area (Å²) < 4.78 is 0. The second-order valence-electron chi connectivity index (χ2n) is 7.11. The van der Waals surface area contributed by atoms with Crippen LogP contribution >= 0.6 is 0 Å². The van der Waals surface area contributed by atoms with Gasteiger partial charge in [-0.2, -0.15) is 0 Å². The van der Waals surface area contributed by atoms with E-state index in [1.54, 1.807) is 32.1 Å². The lowest BCUT2D eigenvalue weighted by Gasteiger charge is -2.54. The van der Waals surface area contributed by atoms with Crippen LogP contribution in [0.3, 0.4) is 0 Å². The van der Waals surface area contributed by atoms with Crippen molar-refractivity contribution in [3.8, 4) is 0 Å². The Labute approximate surface area is 99.4 Å². The molecule has 4 bridgehead atoms. The molecule has 5 fully saturated rings. The maximum atomic E-state index is 3.72. The first-order valence-corrected chi connectivity index (χ1v) is 7.62. The summed E-state index contributed by atoms with van der Waals surface area (Å²) in [7, 11) is 0. The van der Waals surface area contributed by atoms with Crippen LogP contribution in [0.2, 0.25) is 0 Å². The van der Waals surface area contributed by atoms with Crippen LogP contribution in [-0.2, 0) is 0 Å². The number of hydrogen-bond donors (Lipinski definition) is 1. The molecule has 1 N–H and O–H groups in total. The van der Waals surface area contributed by atoms with Crippen LogP contribution in [0, 0.1) is 29.6 Å². The van der Waals surface area contributed by atoms with Crippen molar-refractivity contribution < 1.29 is 0 Å². The molecule has 16 heavy (non-hydrogen) atoms. The van der Waals surface area contributed by atoms with Crippen LogP contribution in [0.4, 0.5) is 0 Å². The third kappa shape index (κ3) is 1.72. The largest absolute Gasteiger partial charge is 0.314 e. The summed E-state index contributed by atoms with van der Waals surface area (Å²) >= 11 is 0. The molecule has 0 amide bonds. The number of nitrogens with one attached hydrogen (secondary N) is 1. The summed E-state index contributed by atoms with van der Waals surface area (Å²) in [5.41, 5.74) is 0. The van der Waals surface area contributed by atoms with Gasteiger partial charge in [0.1, 0.15) is 0 Å². The highest BCUT2D eigenvalue weighted by Gasteiger charge is 2.47. The molecule has 5 aliphatic carbocycles. The van der Waals surface area contributed by atoms with Crippen LogP contribution in [-0.4, -0.2) is 12.6 Å². The highest BCUT2D eigenvalue weighted by molar-refractivity contribution is 4.98. The van der Waals surface area contributed by atoms with E-state index in [1.807, 2.05) is 0 Å². The summed E-state index contributed by atoms with van der Waals surface area (Å²) in [6.45, 7) is 1.32. The molecule has 0 aliphatic heterocycles. The second kappa shape index (κ2) is 3.73. The molecule has 0 saturated heterocycles. The third-order valence-electron chi connectivity index (χ3n) is 5.91. The normalized spacial score (nSPS) is 49.9. The average molecular weight is 219 g/mol. The average Bonchev–Trinajstić information content (AvgIpc) is 3.05. The molecule has 90 valence electrons. The van der Waals surface area contributed by atoms with Gasteiger partial charge in [0.15, 0.2) is 0 Å². The van der Waals surface area contributed by atoms with Crippen molar-refractivity contribution in [1.82, 2.24) is 5.32 Å². The van der Waals surface area contributed by atoms with Gasteiger partial charge in [0.05, 0.1) is 0 Å². The van der Waals surface area contributed by atoms with E-state index in [9.17, 15) is 0 Å². The van der Waals surface area contributed by atoms with E-state index in [1.165, 1.54) is 25.8 Å². The van der Waals surface area contributed by atoms with Gasteiger partial charge < -0.3 is 5.32 Å². The summed E-state index contributed by atoms with van der Waals surface area (Å²) in [6.07, 6.45) is 12.4. The van der Waals surface area contributed by atoms with Crippen molar-refractivity contribution >= 4 is 0 Å². The zero-order chi connectivity index (χ0) is 10.5. The van der Waals surface area contributed by atoms with E-state index in [0.29, 0.717) is 0 Å². The van der Waals surface area contributed by atoms with Crippen LogP contribution in [0.5, 0.6) is 0 Å². The summed E-state index contributed by atoms with van der Waals surface area (Å²) in [5.74, 6) is 5.68. The maximum Gasteiger partial charge on any atom is 0.00682 e. The molecule has 5 rings (SSSR count). The molecule has 0 aromatic rings.